The van der Waals surface area contributed by atoms with Crippen molar-refractivity contribution in [3.63, 3.8) is 0 Å². The molecule has 5 atom stereocenters. The van der Waals surface area contributed by atoms with E-state index in [9.17, 15) is 13.9 Å². The van der Waals surface area contributed by atoms with E-state index in [1.54, 1.807) is 12.1 Å². The molecule has 10 nitrogen and oxygen atoms in total. The minimum atomic E-state index is -2.54. The van der Waals surface area contributed by atoms with Crippen LogP contribution in [0.2, 0.25) is 5.02 Å². The monoisotopic (exact) mass is 570 g/mol. The molecule has 2 saturated heterocycles. The molecule has 1 aliphatic carbocycles. The number of rotatable bonds is 10. The molecule has 0 amide bonds. The molecular weight excluding hydrogens is 545 g/mol. The molecule has 3 N–H and O–H groups in total. The van der Waals surface area contributed by atoms with Gasteiger partial charge in [0.1, 0.15) is 48.9 Å². The number of nitrogens with zero attached hydrogens (tertiary/aromatic N) is 2. The van der Waals surface area contributed by atoms with E-state index in [0.29, 0.717) is 46.2 Å². The molecule has 3 aromatic rings. The van der Waals surface area contributed by atoms with Crippen LogP contribution in [-0.4, -0.2) is 83.9 Å². The summed E-state index contributed by atoms with van der Waals surface area (Å²) in [7, 11) is 0. The summed E-state index contributed by atoms with van der Waals surface area (Å²) in [5.41, 5.74) is 2.19. The summed E-state index contributed by atoms with van der Waals surface area (Å²) < 4.78 is 66.7. The molecule has 3 aliphatic rings. The zero-order chi connectivity index (χ0) is 27.1. The van der Waals surface area contributed by atoms with Gasteiger partial charge in [0.05, 0.1) is 36.4 Å². The van der Waals surface area contributed by atoms with E-state index < -0.39 is 37.2 Å². The fraction of sp³-hybridized carbons (Fsp3) is 0.520. The standard InChI is InChI=1S/C25H26ClF3N4O6/c26-13-7-16-24(33-25(31-16)39-18-9-38-21-17(34)8-37-22(18)21)32-23(13)30-15-2-1-11-5-12(6-14(27)20(11)15)36-4-3-35-10-19(28)29/h5-7,15,17-19,21-22,34H,1-4,8-10H2,(H2,30,31,32,33)/t15?,17-,18-,21-,22-/m1/s1. The van der Waals surface area contributed by atoms with Crippen molar-refractivity contribution < 1.29 is 42.0 Å². The first-order valence-corrected chi connectivity index (χ1v) is 12.9. The van der Waals surface area contributed by atoms with Gasteiger partial charge in [0.2, 0.25) is 0 Å². The van der Waals surface area contributed by atoms with E-state index in [-0.39, 0.29) is 44.6 Å². The minimum Gasteiger partial charge on any atom is -0.491 e. The van der Waals surface area contributed by atoms with Crippen LogP contribution in [0.5, 0.6) is 11.8 Å². The Morgan fingerprint density at radius 2 is 2.00 bits per heavy atom. The van der Waals surface area contributed by atoms with Gasteiger partial charge in [-0.15, -0.1) is 0 Å². The van der Waals surface area contributed by atoms with Crippen LogP contribution >= 0.6 is 11.6 Å². The molecule has 0 spiro atoms. The quantitative estimate of drug-likeness (QED) is 0.315. The first-order valence-electron chi connectivity index (χ1n) is 12.6. The lowest BCUT2D eigenvalue weighted by Gasteiger charge is -2.17. The second-order valence-electron chi connectivity index (χ2n) is 9.58. The smallest absolute Gasteiger partial charge is 0.296 e. The number of fused-ring (bicyclic) bond motifs is 3. The summed E-state index contributed by atoms with van der Waals surface area (Å²) in [6.45, 7) is -0.200. The first kappa shape index (κ1) is 26.4. The van der Waals surface area contributed by atoms with Crippen molar-refractivity contribution in [2.45, 2.75) is 49.7 Å². The Balaban J connectivity index is 1.12. The number of benzene rings is 1. The topological polar surface area (TPSA) is 120 Å². The van der Waals surface area contributed by atoms with Crippen molar-refractivity contribution in [3.05, 3.63) is 40.2 Å². The van der Waals surface area contributed by atoms with Crippen molar-refractivity contribution >= 4 is 28.6 Å². The summed E-state index contributed by atoms with van der Waals surface area (Å²) in [6, 6.07) is 4.52. The zero-order valence-electron chi connectivity index (χ0n) is 20.5. The number of alkyl halides is 2. The average Bonchev–Trinajstić information content (AvgIpc) is 3.65. The van der Waals surface area contributed by atoms with Gasteiger partial charge >= 0.3 is 0 Å². The third-order valence-electron chi connectivity index (χ3n) is 6.94. The maximum absolute atomic E-state index is 15.1. The van der Waals surface area contributed by atoms with E-state index in [1.807, 2.05) is 0 Å². The normalized spacial score (nSPS) is 25.8. The lowest BCUT2D eigenvalue weighted by Crippen LogP contribution is -2.34. The molecule has 2 aromatic heterocycles. The molecular formula is C25H26ClF3N4O6. The van der Waals surface area contributed by atoms with Crippen molar-refractivity contribution in [1.82, 2.24) is 15.0 Å². The number of aromatic amines is 1. The highest BCUT2D eigenvalue weighted by molar-refractivity contribution is 6.33. The number of halogens is 4. The summed E-state index contributed by atoms with van der Waals surface area (Å²) in [4.78, 5) is 12.0. The number of ether oxygens (including phenoxy) is 5. The summed E-state index contributed by atoms with van der Waals surface area (Å²) in [6.07, 6.45) is -3.26. The van der Waals surface area contributed by atoms with Crippen molar-refractivity contribution in [2.75, 3.05) is 38.4 Å². The lowest BCUT2D eigenvalue weighted by molar-refractivity contribution is 0.00705. The van der Waals surface area contributed by atoms with Crippen LogP contribution in [0.15, 0.2) is 18.2 Å². The van der Waals surface area contributed by atoms with Crippen LogP contribution in [0.4, 0.5) is 19.0 Å². The van der Waals surface area contributed by atoms with Gasteiger partial charge in [-0.3, -0.25) is 0 Å². The highest BCUT2D eigenvalue weighted by atomic mass is 35.5. The minimum absolute atomic E-state index is 0.0216. The molecule has 4 heterocycles. The molecule has 6 rings (SSSR count). The summed E-state index contributed by atoms with van der Waals surface area (Å²) >= 11 is 6.49. The van der Waals surface area contributed by atoms with Gasteiger partial charge in [0, 0.05) is 11.6 Å². The highest BCUT2D eigenvalue weighted by Crippen LogP contribution is 2.39. The average molecular weight is 571 g/mol. The highest BCUT2D eigenvalue weighted by Gasteiger charge is 2.48. The van der Waals surface area contributed by atoms with Crippen LogP contribution in [0.1, 0.15) is 23.6 Å². The Labute approximate surface area is 225 Å². The number of aromatic nitrogens is 3. The largest absolute Gasteiger partial charge is 0.491 e. The van der Waals surface area contributed by atoms with Crippen molar-refractivity contribution in [1.29, 1.82) is 0 Å². The number of hydrogen-bond donors (Lipinski definition) is 3. The number of aryl methyl sites for hydroxylation is 1. The lowest BCUT2D eigenvalue weighted by atomic mass is 10.1. The van der Waals surface area contributed by atoms with Crippen LogP contribution in [-0.2, 0) is 20.6 Å². The van der Waals surface area contributed by atoms with Gasteiger partial charge in [-0.25, -0.2) is 18.2 Å². The van der Waals surface area contributed by atoms with Crippen molar-refractivity contribution in [2.24, 2.45) is 0 Å². The van der Waals surface area contributed by atoms with Crippen LogP contribution in [0.25, 0.3) is 11.2 Å². The molecule has 1 aromatic carbocycles. The maximum atomic E-state index is 15.1. The van der Waals surface area contributed by atoms with Gasteiger partial charge in [-0.2, -0.15) is 4.98 Å². The van der Waals surface area contributed by atoms with Crippen LogP contribution in [0, 0.1) is 5.82 Å². The summed E-state index contributed by atoms with van der Waals surface area (Å²) in [5, 5.41) is 13.5. The second kappa shape index (κ2) is 11.0. The zero-order valence-corrected chi connectivity index (χ0v) is 21.3. The van der Waals surface area contributed by atoms with E-state index in [1.165, 1.54) is 6.07 Å². The second-order valence-corrected chi connectivity index (χ2v) is 9.99. The van der Waals surface area contributed by atoms with Crippen molar-refractivity contribution in [3.8, 4) is 11.8 Å². The number of hydrogen-bond acceptors (Lipinski definition) is 9. The van der Waals surface area contributed by atoms with Gasteiger partial charge in [-0.05, 0) is 30.5 Å². The molecule has 0 saturated carbocycles. The molecule has 2 fully saturated rings. The molecule has 1 unspecified atom stereocenters. The Kier molecular flexibility index (Phi) is 7.42. The first-order chi connectivity index (χ1) is 18.9. The van der Waals surface area contributed by atoms with E-state index in [0.717, 1.165) is 5.56 Å². The van der Waals surface area contributed by atoms with E-state index in [4.69, 9.17) is 35.3 Å². The predicted molar refractivity (Wildman–Crippen MR) is 132 cm³/mol. The number of pyridine rings is 1. The molecule has 39 heavy (non-hydrogen) atoms. The predicted octanol–water partition coefficient (Wildman–Crippen LogP) is 3.42. The number of aliphatic hydroxyl groups excluding tert-OH is 1. The third kappa shape index (κ3) is 5.46. The maximum Gasteiger partial charge on any atom is 0.296 e. The Bertz CT molecular complexity index is 1350. The van der Waals surface area contributed by atoms with Gasteiger partial charge in [0.25, 0.3) is 12.4 Å². The molecule has 210 valence electrons. The van der Waals surface area contributed by atoms with E-state index >= 15 is 4.39 Å². The van der Waals surface area contributed by atoms with Gasteiger partial charge in [0.15, 0.2) is 11.8 Å². The number of anilines is 1. The summed E-state index contributed by atoms with van der Waals surface area (Å²) in [5.74, 6) is 0.211. The number of H-pyrrole nitrogens is 1. The fourth-order valence-electron chi connectivity index (χ4n) is 5.21. The molecule has 0 bridgehead atoms. The molecule has 2 aliphatic heterocycles. The molecule has 14 heteroatoms. The van der Waals surface area contributed by atoms with Gasteiger partial charge in [-0.1, -0.05) is 11.6 Å². The Morgan fingerprint density at radius 1 is 1.15 bits per heavy atom. The number of aliphatic hydroxyl groups is 1. The molecule has 0 radical (unpaired) electrons. The number of nitrogens with one attached hydrogen (secondary N) is 2. The van der Waals surface area contributed by atoms with Crippen LogP contribution < -0.4 is 14.8 Å². The Hall–Kier alpha value is -2.84. The third-order valence-corrected chi connectivity index (χ3v) is 7.23. The van der Waals surface area contributed by atoms with Crippen LogP contribution in [0.3, 0.4) is 0 Å². The van der Waals surface area contributed by atoms with Gasteiger partial charge < -0.3 is 39.1 Å². The Morgan fingerprint density at radius 3 is 2.85 bits per heavy atom. The SMILES string of the molecule is O[C@@H]1CO[C@H]2[C@@H]1OC[C@H]2Oc1nc2nc(NC3CCc4cc(OCCOCC(F)F)cc(F)c43)c(Cl)cc2[nH]1. The fourth-order valence-corrected chi connectivity index (χ4v) is 5.42. The number of imidazole rings is 1. The van der Waals surface area contributed by atoms with E-state index in [2.05, 4.69) is 20.3 Å².